The second-order valence-electron chi connectivity index (χ2n) is 5.32. The molecule has 0 saturated heterocycles. The number of hydrogen-bond donors (Lipinski definition) is 2. The Labute approximate surface area is 150 Å². The van der Waals surface area contributed by atoms with Crippen molar-refractivity contribution in [1.29, 1.82) is 0 Å². The molecule has 0 aliphatic carbocycles. The van der Waals surface area contributed by atoms with Gasteiger partial charge in [0.25, 0.3) is 10.0 Å². The lowest BCUT2D eigenvalue weighted by molar-refractivity contribution is 0.417. The summed E-state index contributed by atoms with van der Waals surface area (Å²) >= 11 is 0. The molecule has 0 bridgehead atoms. The maximum absolute atomic E-state index is 12.9. The SMILES string of the molecule is COc1ccccc1Nc1ccc(NS(=O)(=O)c2ccc(F)cc2)cn1. The molecule has 2 N–H and O–H groups in total. The van der Waals surface area contributed by atoms with Crippen molar-refractivity contribution in [2.75, 3.05) is 17.1 Å². The molecular formula is C18H16FN3O3S. The molecule has 0 radical (unpaired) electrons. The lowest BCUT2D eigenvalue weighted by atomic mass is 10.3. The fourth-order valence-corrected chi connectivity index (χ4v) is 3.29. The third-order valence-electron chi connectivity index (χ3n) is 3.51. The van der Waals surface area contributed by atoms with Crippen LogP contribution in [-0.4, -0.2) is 20.5 Å². The Kier molecular flexibility index (Phi) is 5.04. The van der Waals surface area contributed by atoms with Crippen LogP contribution in [0, 0.1) is 5.82 Å². The third kappa shape index (κ3) is 4.09. The van der Waals surface area contributed by atoms with Gasteiger partial charge < -0.3 is 10.1 Å². The summed E-state index contributed by atoms with van der Waals surface area (Å²) in [6.45, 7) is 0. The molecule has 0 atom stereocenters. The van der Waals surface area contributed by atoms with E-state index in [1.807, 2.05) is 24.3 Å². The normalized spacial score (nSPS) is 11.0. The summed E-state index contributed by atoms with van der Waals surface area (Å²) in [7, 11) is -2.24. The lowest BCUT2D eigenvalue weighted by Gasteiger charge is -2.11. The summed E-state index contributed by atoms with van der Waals surface area (Å²) in [6, 6.07) is 15.1. The minimum Gasteiger partial charge on any atom is -0.495 e. The number of anilines is 3. The van der Waals surface area contributed by atoms with Crippen molar-refractivity contribution in [3.8, 4) is 5.75 Å². The highest BCUT2D eigenvalue weighted by molar-refractivity contribution is 7.92. The molecule has 134 valence electrons. The molecule has 3 rings (SSSR count). The van der Waals surface area contributed by atoms with E-state index < -0.39 is 15.8 Å². The first-order valence-electron chi connectivity index (χ1n) is 7.62. The van der Waals surface area contributed by atoms with Crippen LogP contribution in [0.5, 0.6) is 5.75 Å². The lowest BCUT2D eigenvalue weighted by Crippen LogP contribution is -2.13. The predicted octanol–water partition coefficient (Wildman–Crippen LogP) is 3.77. The van der Waals surface area contributed by atoms with Crippen LogP contribution in [0.25, 0.3) is 0 Å². The molecule has 0 saturated carbocycles. The zero-order valence-electron chi connectivity index (χ0n) is 13.8. The Morgan fingerprint density at radius 1 is 1.00 bits per heavy atom. The molecule has 8 heteroatoms. The van der Waals surface area contributed by atoms with Crippen molar-refractivity contribution in [2.45, 2.75) is 4.90 Å². The average molecular weight is 373 g/mol. The predicted molar refractivity (Wildman–Crippen MR) is 97.7 cm³/mol. The minimum atomic E-state index is -3.81. The van der Waals surface area contributed by atoms with E-state index in [2.05, 4.69) is 15.0 Å². The van der Waals surface area contributed by atoms with Gasteiger partial charge in [-0.05, 0) is 48.5 Å². The Morgan fingerprint density at radius 3 is 2.38 bits per heavy atom. The topological polar surface area (TPSA) is 80.3 Å². The largest absolute Gasteiger partial charge is 0.495 e. The summed E-state index contributed by atoms with van der Waals surface area (Å²) in [6.07, 6.45) is 1.39. The summed E-state index contributed by atoms with van der Waals surface area (Å²) in [4.78, 5) is 4.16. The third-order valence-corrected chi connectivity index (χ3v) is 4.91. The van der Waals surface area contributed by atoms with E-state index in [0.29, 0.717) is 17.3 Å². The summed E-state index contributed by atoms with van der Waals surface area (Å²) in [5, 5.41) is 3.10. The second kappa shape index (κ2) is 7.40. The van der Waals surface area contributed by atoms with Gasteiger partial charge in [-0.2, -0.15) is 0 Å². The van der Waals surface area contributed by atoms with Gasteiger partial charge >= 0.3 is 0 Å². The van der Waals surface area contributed by atoms with E-state index in [-0.39, 0.29) is 4.90 Å². The molecule has 6 nitrogen and oxygen atoms in total. The number of rotatable bonds is 6. The number of benzene rings is 2. The van der Waals surface area contributed by atoms with Gasteiger partial charge in [0.15, 0.2) is 0 Å². The number of aromatic nitrogens is 1. The summed E-state index contributed by atoms with van der Waals surface area (Å²) < 4.78 is 45.2. The number of methoxy groups -OCH3 is 1. The molecule has 0 aliphatic heterocycles. The maximum atomic E-state index is 12.9. The van der Waals surface area contributed by atoms with Crippen molar-refractivity contribution in [3.05, 3.63) is 72.7 Å². The number of sulfonamides is 1. The first-order chi connectivity index (χ1) is 12.5. The number of pyridine rings is 1. The highest BCUT2D eigenvalue weighted by Crippen LogP contribution is 2.26. The fourth-order valence-electron chi connectivity index (χ4n) is 2.24. The Hall–Kier alpha value is -3.13. The van der Waals surface area contributed by atoms with E-state index in [1.165, 1.54) is 18.3 Å². The molecule has 1 heterocycles. The van der Waals surface area contributed by atoms with Crippen LogP contribution in [0.1, 0.15) is 0 Å². The number of nitrogens with one attached hydrogen (secondary N) is 2. The molecule has 26 heavy (non-hydrogen) atoms. The average Bonchev–Trinajstić information content (AvgIpc) is 2.64. The molecule has 3 aromatic rings. The second-order valence-corrected chi connectivity index (χ2v) is 7.00. The molecule has 0 fully saturated rings. The number of nitrogens with zero attached hydrogens (tertiary/aromatic N) is 1. The van der Waals surface area contributed by atoms with Gasteiger partial charge in [-0.1, -0.05) is 12.1 Å². The van der Waals surface area contributed by atoms with E-state index in [0.717, 1.165) is 17.8 Å². The zero-order chi connectivity index (χ0) is 18.6. The van der Waals surface area contributed by atoms with Crippen molar-refractivity contribution in [1.82, 2.24) is 4.98 Å². The number of hydrogen-bond acceptors (Lipinski definition) is 5. The minimum absolute atomic E-state index is 0.0323. The molecule has 0 spiro atoms. The standard InChI is InChI=1S/C18H16FN3O3S/c1-25-17-5-3-2-4-16(17)21-18-11-8-14(12-20-18)22-26(23,24)15-9-6-13(19)7-10-15/h2-12,22H,1H3,(H,20,21). The van der Waals surface area contributed by atoms with Crippen LogP contribution in [0.3, 0.4) is 0 Å². The molecule has 0 amide bonds. The van der Waals surface area contributed by atoms with Gasteiger partial charge in [0.2, 0.25) is 0 Å². The molecule has 1 aromatic heterocycles. The Morgan fingerprint density at radius 2 is 1.73 bits per heavy atom. The molecular weight excluding hydrogens is 357 g/mol. The van der Waals surface area contributed by atoms with Crippen LogP contribution >= 0.6 is 0 Å². The van der Waals surface area contributed by atoms with Crippen molar-refractivity contribution in [3.63, 3.8) is 0 Å². The molecule has 0 unspecified atom stereocenters. The highest BCUT2D eigenvalue weighted by Gasteiger charge is 2.14. The van der Waals surface area contributed by atoms with Crippen molar-refractivity contribution >= 4 is 27.2 Å². The number of ether oxygens (including phenoxy) is 1. The maximum Gasteiger partial charge on any atom is 0.261 e. The fraction of sp³-hybridized carbons (Fsp3) is 0.0556. The summed E-state index contributed by atoms with van der Waals surface area (Å²) in [5.74, 6) is 0.687. The Balaban J connectivity index is 1.74. The van der Waals surface area contributed by atoms with Crippen LogP contribution in [-0.2, 0) is 10.0 Å². The summed E-state index contributed by atoms with van der Waals surface area (Å²) in [5.41, 5.74) is 1.03. The quantitative estimate of drug-likeness (QED) is 0.687. The monoisotopic (exact) mass is 373 g/mol. The van der Waals surface area contributed by atoms with E-state index in [9.17, 15) is 12.8 Å². The smallest absolute Gasteiger partial charge is 0.261 e. The van der Waals surface area contributed by atoms with Crippen LogP contribution in [0.4, 0.5) is 21.6 Å². The first kappa shape index (κ1) is 17.7. The van der Waals surface area contributed by atoms with Gasteiger partial charge in [-0.15, -0.1) is 0 Å². The van der Waals surface area contributed by atoms with Gasteiger partial charge in [0.1, 0.15) is 17.4 Å². The van der Waals surface area contributed by atoms with Crippen LogP contribution in [0.15, 0.2) is 71.8 Å². The van der Waals surface area contributed by atoms with E-state index in [4.69, 9.17) is 4.74 Å². The van der Waals surface area contributed by atoms with Crippen molar-refractivity contribution in [2.24, 2.45) is 0 Å². The number of para-hydroxylation sites is 2. The Bertz CT molecular complexity index is 991. The molecule has 0 aliphatic rings. The van der Waals surface area contributed by atoms with Crippen LogP contribution in [0.2, 0.25) is 0 Å². The molecule has 2 aromatic carbocycles. The number of halogens is 1. The van der Waals surface area contributed by atoms with Crippen molar-refractivity contribution < 1.29 is 17.5 Å². The van der Waals surface area contributed by atoms with Gasteiger partial charge in [0, 0.05) is 0 Å². The van der Waals surface area contributed by atoms with Gasteiger partial charge in [-0.3, -0.25) is 4.72 Å². The van der Waals surface area contributed by atoms with E-state index in [1.54, 1.807) is 19.2 Å². The van der Waals surface area contributed by atoms with E-state index >= 15 is 0 Å². The van der Waals surface area contributed by atoms with Crippen LogP contribution < -0.4 is 14.8 Å². The zero-order valence-corrected chi connectivity index (χ0v) is 14.6. The van der Waals surface area contributed by atoms with Gasteiger partial charge in [-0.25, -0.2) is 17.8 Å². The highest BCUT2D eigenvalue weighted by atomic mass is 32.2. The first-order valence-corrected chi connectivity index (χ1v) is 9.11. The van der Waals surface area contributed by atoms with Gasteiger partial charge in [0.05, 0.1) is 29.6 Å².